The Morgan fingerprint density at radius 3 is 2.55 bits per heavy atom. The molecule has 1 atom stereocenters. The van der Waals surface area contributed by atoms with Crippen molar-refractivity contribution < 1.29 is 4.39 Å². The maximum absolute atomic E-state index is 13.6. The van der Waals surface area contributed by atoms with Crippen LogP contribution in [0.25, 0.3) is 0 Å². The molecule has 0 radical (unpaired) electrons. The fourth-order valence-electron chi connectivity index (χ4n) is 1.80. The summed E-state index contributed by atoms with van der Waals surface area (Å²) in [5, 5.41) is 3.13. The summed E-state index contributed by atoms with van der Waals surface area (Å²) in [6.45, 7) is 3.62. The minimum Gasteiger partial charge on any atom is -0.368 e. The van der Waals surface area contributed by atoms with Gasteiger partial charge in [0.25, 0.3) is 0 Å². The smallest absolute Gasteiger partial charge is 0.223 e. The molecule has 1 aromatic heterocycles. The molecule has 0 saturated carbocycles. The van der Waals surface area contributed by atoms with Crippen molar-refractivity contribution in [2.75, 3.05) is 16.5 Å². The van der Waals surface area contributed by atoms with Gasteiger partial charge in [-0.15, -0.1) is 0 Å². The molecule has 6 nitrogen and oxygen atoms in total. The molecule has 2 rings (SSSR count). The Hall–Kier alpha value is -2.41. The first-order valence-electron chi connectivity index (χ1n) is 6.13. The zero-order chi connectivity index (χ0) is 14.7. The fourth-order valence-corrected chi connectivity index (χ4v) is 1.80. The van der Waals surface area contributed by atoms with Crippen molar-refractivity contribution in [3.63, 3.8) is 0 Å². The summed E-state index contributed by atoms with van der Waals surface area (Å²) in [5.74, 6) is 6.08. The number of hydrogen-bond donors (Lipinski definition) is 4. The van der Waals surface area contributed by atoms with Gasteiger partial charge >= 0.3 is 0 Å². The number of aromatic nitrogens is 2. The van der Waals surface area contributed by atoms with E-state index in [4.69, 9.17) is 11.6 Å². The van der Waals surface area contributed by atoms with Crippen LogP contribution in [0.3, 0.4) is 0 Å². The molecule has 0 bridgehead atoms. The lowest BCUT2D eigenvalue weighted by molar-refractivity contribution is 0.614. The predicted octanol–water partition coefficient (Wildman–Crippen LogP) is 1.97. The topological polar surface area (TPSA) is 102 Å². The third-order valence-corrected chi connectivity index (χ3v) is 2.95. The van der Waals surface area contributed by atoms with Gasteiger partial charge in [-0.1, -0.05) is 12.1 Å². The van der Waals surface area contributed by atoms with Crippen LogP contribution in [0.2, 0.25) is 0 Å². The zero-order valence-electron chi connectivity index (χ0n) is 11.3. The fraction of sp³-hybridized carbons (Fsp3) is 0.231. The summed E-state index contributed by atoms with van der Waals surface area (Å²) in [4.78, 5) is 7.94. The van der Waals surface area contributed by atoms with Gasteiger partial charge in [0.15, 0.2) is 0 Å². The maximum Gasteiger partial charge on any atom is 0.223 e. The molecule has 0 saturated heterocycles. The number of nitrogens with zero attached hydrogens (tertiary/aromatic N) is 2. The summed E-state index contributed by atoms with van der Waals surface area (Å²) < 4.78 is 13.6. The number of nitrogen functional groups attached to an aromatic ring is 2. The van der Waals surface area contributed by atoms with Gasteiger partial charge in [-0.3, -0.25) is 0 Å². The van der Waals surface area contributed by atoms with E-state index in [9.17, 15) is 4.39 Å². The minimum absolute atomic E-state index is 0.102. The zero-order valence-corrected chi connectivity index (χ0v) is 11.3. The van der Waals surface area contributed by atoms with Crippen molar-refractivity contribution in [2.24, 2.45) is 5.84 Å². The molecule has 6 N–H and O–H groups in total. The van der Waals surface area contributed by atoms with Crippen molar-refractivity contribution in [3.05, 3.63) is 41.2 Å². The highest BCUT2D eigenvalue weighted by Crippen LogP contribution is 2.21. The van der Waals surface area contributed by atoms with Crippen LogP contribution in [0, 0.1) is 12.7 Å². The van der Waals surface area contributed by atoms with E-state index in [0.717, 1.165) is 5.56 Å². The molecule has 106 valence electrons. The van der Waals surface area contributed by atoms with Crippen LogP contribution >= 0.6 is 0 Å². The Morgan fingerprint density at radius 1 is 1.20 bits per heavy atom. The van der Waals surface area contributed by atoms with Crippen molar-refractivity contribution in [3.8, 4) is 0 Å². The van der Waals surface area contributed by atoms with Crippen molar-refractivity contribution in [2.45, 2.75) is 19.9 Å². The molecule has 0 amide bonds. The summed E-state index contributed by atoms with van der Waals surface area (Å²) in [6.07, 6.45) is 0. The van der Waals surface area contributed by atoms with E-state index >= 15 is 0 Å². The van der Waals surface area contributed by atoms with Crippen LogP contribution in [0.15, 0.2) is 24.3 Å². The second-order valence-corrected chi connectivity index (χ2v) is 4.52. The number of aryl methyl sites for hydroxylation is 1. The molecule has 0 aliphatic heterocycles. The first-order valence-corrected chi connectivity index (χ1v) is 6.13. The second-order valence-electron chi connectivity index (χ2n) is 4.52. The number of anilines is 3. The first-order chi connectivity index (χ1) is 9.49. The van der Waals surface area contributed by atoms with E-state index in [1.54, 1.807) is 19.1 Å². The summed E-state index contributed by atoms with van der Waals surface area (Å²) >= 11 is 0. The highest BCUT2D eigenvalue weighted by atomic mass is 19.1. The number of nitrogens with one attached hydrogen (secondary N) is 2. The Bertz CT molecular complexity index is 616. The van der Waals surface area contributed by atoms with Gasteiger partial charge in [-0.2, -0.15) is 9.97 Å². The highest BCUT2D eigenvalue weighted by Gasteiger charge is 2.10. The summed E-state index contributed by atoms with van der Waals surface area (Å²) in [5.41, 5.74) is 9.41. The number of rotatable bonds is 4. The van der Waals surface area contributed by atoms with Crippen molar-refractivity contribution in [1.29, 1.82) is 0 Å². The monoisotopic (exact) mass is 276 g/mol. The Morgan fingerprint density at radius 2 is 1.90 bits per heavy atom. The second kappa shape index (κ2) is 5.70. The average molecular weight is 276 g/mol. The van der Waals surface area contributed by atoms with E-state index in [2.05, 4.69) is 20.7 Å². The largest absolute Gasteiger partial charge is 0.368 e. The Balaban J connectivity index is 2.20. The molecule has 0 spiro atoms. The van der Waals surface area contributed by atoms with E-state index in [1.165, 1.54) is 6.07 Å². The van der Waals surface area contributed by atoms with E-state index < -0.39 is 0 Å². The molecule has 1 unspecified atom stereocenters. The van der Waals surface area contributed by atoms with Crippen LogP contribution in [0.4, 0.5) is 22.0 Å². The molecule has 20 heavy (non-hydrogen) atoms. The molecule has 0 aliphatic carbocycles. The average Bonchev–Trinajstić information content (AvgIpc) is 2.41. The quantitative estimate of drug-likeness (QED) is 0.503. The molecule has 0 fully saturated rings. The van der Waals surface area contributed by atoms with Crippen molar-refractivity contribution in [1.82, 2.24) is 9.97 Å². The highest BCUT2D eigenvalue weighted by molar-refractivity contribution is 5.51. The number of hydrazine groups is 1. The molecule has 0 aliphatic rings. The standard InChI is InChI=1S/C13H17FN6/c1-7-3-4-9(5-10(7)14)8(2)17-11-6-12(20-16)19-13(15)18-11/h3-6,8H,16H2,1-2H3,(H4,15,17,18,19,20). The molecular weight excluding hydrogens is 259 g/mol. The molecule has 1 heterocycles. The van der Waals surface area contributed by atoms with Gasteiger partial charge in [-0.25, -0.2) is 10.2 Å². The number of halogens is 1. The normalized spacial score (nSPS) is 12.0. The molecule has 7 heteroatoms. The third-order valence-electron chi connectivity index (χ3n) is 2.95. The van der Waals surface area contributed by atoms with Gasteiger partial charge in [0, 0.05) is 6.07 Å². The number of nitrogens with two attached hydrogens (primary N) is 2. The van der Waals surface area contributed by atoms with Crippen LogP contribution in [-0.4, -0.2) is 9.97 Å². The Labute approximate surface area is 116 Å². The molecule has 1 aromatic carbocycles. The maximum atomic E-state index is 13.6. The van der Waals surface area contributed by atoms with Crippen LogP contribution < -0.4 is 22.3 Å². The van der Waals surface area contributed by atoms with Crippen molar-refractivity contribution >= 4 is 17.6 Å². The van der Waals surface area contributed by atoms with Gasteiger partial charge in [0.1, 0.15) is 17.5 Å². The minimum atomic E-state index is -0.234. The van der Waals surface area contributed by atoms with Crippen LogP contribution in [0.5, 0.6) is 0 Å². The lowest BCUT2D eigenvalue weighted by atomic mass is 10.1. The SMILES string of the molecule is Cc1ccc(C(C)Nc2cc(NN)nc(N)n2)cc1F. The first kappa shape index (κ1) is 14.0. The predicted molar refractivity (Wildman–Crippen MR) is 77.4 cm³/mol. The van der Waals surface area contributed by atoms with Gasteiger partial charge in [0.05, 0.1) is 6.04 Å². The van der Waals surface area contributed by atoms with E-state index in [-0.39, 0.29) is 17.8 Å². The van der Waals surface area contributed by atoms with Gasteiger partial charge < -0.3 is 16.5 Å². The van der Waals surface area contributed by atoms with Crippen LogP contribution in [-0.2, 0) is 0 Å². The lowest BCUT2D eigenvalue weighted by Crippen LogP contribution is -2.13. The Kier molecular flexibility index (Phi) is 3.99. The number of hydrogen-bond acceptors (Lipinski definition) is 6. The third kappa shape index (κ3) is 3.12. The molecule has 2 aromatic rings. The van der Waals surface area contributed by atoms with E-state index in [0.29, 0.717) is 17.2 Å². The van der Waals surface area contributed by atoms with E-state index in [1.807, 2.05) is 13.0 Å². The van der Waals surface area contributed by atoms with Gasteiger partial charge in [-0.05, 0) is 31.0 Å². The van der Waals surface area contributed by atoms with Gasteiger partial charge in [0.2, 0.25) is 5.95 Å². The lowest BCUT2D eigenvalue weighted by Gasteiger charge is -2.16. The summed E-state index contributed by atoms with van der Waals surface area (Å²) in [7, 11) is 0. The summed E-state index contributed by atoms with van der Waals surface area (Å²) in [6, 6.07) is 6.59. The number of benzene rings is 1. The van der Waals surface area contributed by atoms with Crippen LogP contribution in [0.1, 0.15) is 24.1 Å². The molecular formula is C13H17FN6.